The zero-order chi connectivity index (χ0) is 16.1. The van der Waals surface area contributed by atoms with Crippen LogP contribution in [0.5, 0.6) is 5.75 Å². The van der Waals surface area contributed by atoms with Crippen molar-refractivity contribution in [1.29, 1.82) is 0 Å². The first-order valence-corrected chi connectivity index (χ1v) is 7.04. The second-order valence-corrected chi connectivity index (χ2v) is 5.05. The van der Waals surface area contributed by atoms with Crippen LogP contribution in [0.25, 0.3) is 11.3 Å². The van der Waals surface area contributed by atoms with E-state index in [0.717, 1.165) is 22.6 Å². The van der Waals surface area contributed by atoms with E-state index in [0.29, 0.717) is 18.8 Å². The zero-order valence-electron chi connectivity index (χ0n) is 13.1. The van der Waals surface area contributed by atoms with Crippen LogP contribution in [0.15, 0.2) is 30.3 Å². The van der Waals surface area contributed by atoms with E-state index in [1.54, 1.807) is 11.8 Å². The maximum absolute atomic E-state index is 10.6. The van der Waals surface area contributed by atoms with Gasteiger partial charge in [-0.05, 0) is 43.7 Å². The average Bonchev–Trinajstić information content (AvgIpc) is 2.51. The number of aromatic nitrogens is 2. The van der Waals surface area contributed by atoms with E-state index in [1.165, 1.54) is 0 Å². The Morgan fingerprint density at radius 2 is 2.00 bits per heavy atom. The molecular formula is C16H20BrN3O3. The van der Waals surface area contributed by atoms with Gasteiger partial charge in [-0.1, -0.05) is 5.10 Å². The fraction of sp³-hybridized carbons (Fsp3) is 0.312. The molecule has 0 bridgehead atoms. The zero-order valence-corrected chi connectivity index (χ0v) is 14.7. The lowest BCUT2D eigenvalue weighted by atomic mass is 10.1. The van der Waals surface area contributed by atoms with Crippen LogP contribution in [0.4, 0.5) is 5.82 Å². The smallest absolute Gasteiger partial charge is 0.303 e. The molecule has 3 N–H and O–H groups in total. The van der Waals surface area contributed by atoms with Crippen LogP contribution < -0.4 is 32.1 Å². The SMILES string of the molecule is COc1ccc(-c2cc(C)c(N)[n+](CCCC(=O)O)n2)cc1.[Br-]. The molecule has 0 spiro atoms. The third-order valence-corrected chi connectivity index (χ3v) is 3.41. The third-order valence-electron chi connectivity index (χ3n) is 3.41. The van der Waals surface area contributed by atoms with Crippen molar-refractivity contribution >= 4 is 11.8 Å². The molecule has 1 aromatic carbocycles. The summed E-state index contributed by atoms with van der Waals surface area (Å²) >= 11 is 0. The lowest BCUT2D eigenvalue weighted by Crippen LogP contribution is -3.00. The Bertz CT molecular complexity index is 675. The number of methoxy groups -OCH3 is 1. The van der Waals surface area contributed by atoms with E-state index in [-0.39, 0.29) is 23.4 Å². The number of aryl methyl sites for hydroxylation is 2. The lowest BCUT2D eigenvalue weighted by Gasteiger charge is -2.07. The highest BCUT2D eigenvalue weighted by Crippen LogP contribution is 2.21. The summed E-state index contributed by atoms with van der Waals surface area (Å²) in [5.74, 6) is 0.523. The minimum Gasteiger partial charge on any atom is -1.00 e. The number of benzene rings is 1. The van der Waals surface area contributed by atoms with Gasteiger partial charge in [0, 0.05) is 17.5 Å². The number of aliphatic carboxylic acids is 1. The van der Waals surface area contributed by atoms with Crippen LogP contribution in [0.1, 0.15) is 18.4 Å². The number of nitrogens with two attached hydrogens (primary N) is 1. The van der Waals surface area contributed by atoms with Crippen molar-refractivity contribution in [2.45, 2.75) is 26.3 Å². The molecule has 23 heavy (non-hydrogen) atoms. The molecule has 2 aromatic rings. The van der Waals surface area contributed by atoms with Crippen LogP contribution in [-0.4, -0.2) is 23.3 Å². The van der Waals surface area contributed by atoms with Crippen molar-refractivity contribution in [2.75, 3.05) is 12.8 Å². The van der Waals surface area contributed by atoms with Gasteiger partial charge in [0.05, 0.1) is 7.11 Å². The van der Waals surface area contributed by atoms with Crippen molar-refractivity contribution in [2.24, 2.45) is 0 Å². The number of anilines is 1. The molecule has 0 atom stereocenters. The molecule has 0 aliphatic heterocycles. The summed E-state index contributed by atoms with van der Waals surface area (Å²) in [5.41, 5.74) is 8.69. The predicted octanol–water partition coefficient (Wildman–Crippen LogP) is -1.20. The summed E-state index contributed by atoms with van der Waals surface area (Å²) in [6, 6.07) is 9.52. The number of nitrogens with zero attached hydrogens (tertiary/aromatic N) is 2. The van der Waals surface area contributed by atoms with Crippen LogP contribution in [-0.2, 0) is 11.3 Å². The van der Waals surface area contributed by atoms with Crippen LogP contribution in [0.2, 0.25) is 0 Å². The molecule has 0 saturated carbocycles. The summed E-state index contributed by atoms with van der Waals surface area (Å²) in [6.07, 6.45) is 0.586. The minimum atomic E-state index is -0.817. The molecule has 1 heterocycles. The first-order chi connectivity index (χ1) is 10.5. The number of halogens is 1. The van der Waals surface area contributed by atoms with Crippen LogP contribution >= 0.6 is 0 Å². The highest BCUT2D eigenvalue weighted by Gasteiger charge is 2.14. The van der Waals surface area contributed by atoms with Gasteiger partial charge in [0.1, 0.15) is 18.0 Å². The number of hydrogen-bond acceptors (Lipinski definition) is 4. The van der Waals surface area contributed by atoms with Gasteiger partial charge in [0.15, 0.2) is 0 Å². The minimum absolute atomic E-state index is 0. The number of carbonyl (C=O) groups is 1. The highest BCUT2D eigenvalue weighted by molar-refractivity contribution is 5.66. The maximum Gasteiger partial charge on any atom is 0.303 e. The fourth-order valence-corrected chi connectivity index (χ4v) is 2.15. The number of ether oxygens (including phenoxy) is 1. The topological polar surface area (TPSA) is 89.3 Å². The summed E-state index contributed by atoms with van der Waals surface area (Å²) in [4.78, 5) is 10.6. The molecule has 2 rings (SSSR count). The summed E-state index contributed by atoms with van der Waals surface area (Å²) < 4.78 is 6.81. The summed E-state index contributed by atoms with van der Waals surface area (Å²) in [5, 5.41) is 13.2. The maximum atomic E-state index is 10.6. The van der Waals surface area contributed by atoms with Gasteiger partial charge in [-0.2, -0.15) is 0 Å². The van der Waals surface area contributed by atoms with Gasteiger partial charge < -0.3 is 26.8 Å². The molecular weight excluding hydrogens is 362 g/mol. The van der Waals surface area contributed by atoms with Gasteiger partial charge in [0.2, 0.25) is 0 Å². The van der Waals surface area contributed by atoms with E-state index in [4.69, 9.17) is 15.6 Å². The summed E-state index contributed by atoms with van der Waals surface area (Å²) in [7, 11) is 1.62. The number of rotatable bonds is 6. The Balaban J connectivity index is 0.00000264. The van der Waals surface area contributed by atoms with Crippen molar-refractivity contribution in [3.8, 4) is 17.0 Å². The quantitative estimate of drug-likeness (QED) is 0.613. The Kier molecular flexibility index (Phi) is 6.96. The second kappa shape index (κ2) is 8.47. The largest absolute Gasteiger partial charge is 1.00 e. The highest BCUT2D eigenvalue weighted by atomic mass is 79.9. The Morgan fingerprint density at radius 3 is 2.57 bits per heavy atom. The molecule has 1 aromatic heterocycles. The normalized spacial score (nSPS) is 10.0. The van der Waals surface area contributed by atoms with E-state index in [1.807, 2.05) is 37.3 Å². The molecule has 0 aliphatic rings. The molecule has 0 fully saturated rings. The standard InChI is InChI=1S/C16H19N3O3.BrH/c1-11-10-14(12-5-7-13(22-2)8-6-12)18-19(16(11)17)9-3-4-15(20)21;/h5-8,10,17H,3-4,9H2,1-2H3,(H,20,21);1H. The van der Waals surface area contributed by atoms with Gasteiger partial charge in [-0.15, -0.1) is 4.68 Å². The number of nitrogen functional groups attached to an aromatic ring is 1. The van der Waals surface area contributed by atoms with Crippen LogP contribution in [0, 0.1) is 6.92 Å². The molecule has 0 aliphatic carbocycles. The molecule has 0 radical (unpaired) electrons. The first-order valence-electron chi connectivity index (χ1n) is 7.04. The van der Waals surface area contributed by atoms with E-state index >= 15 is 0 Å². The van der Waals surface area contributed by atoms with Gasteiger partial charge >= 0.3 is 5.97 Å². The van der Waals surface area contributed by atoms with Crippen molar-refractivity contribution < 1.29 is 36.3 Å². The van der Waals surface area contributed by atoms with Gasteiger partial charge in [-0.25, -0.2) is 0 Å². The van der Waals surface area contributed by atoms with E-state index in [2.05, 4.69) is 5.10 Å². The van der Waals surface area contributed by atoms with Gasteiger partial charge in [-0.3, -0.25) is 10.5 Å². The predicted molar refractivity (Wildman–Crippen MR) is 82.4 cm³/mol. The van der Waals surface area contributed by atoms with E-state index < -0.39 is 5.97 Å². The third kappa shape index (κ3) is 4.92. The lowest BCUT2D eigenvalue weighted by molar-refractivity contribution is -0.740. The summed E-state index contributed by atoms with van der Waals surface area (Å²) in [6.45, 7) is 2.39. The number of carboxylic acids is 1. The number of carboxylic acid groups (broad SMARTS) is 1. The second-order valence-electron chi connectivity index (χ2n) is 5.05. The van der Waals surface area contributed by atoms with Crippen molar-refractivity contribution in [3.63, 3.8) is 0 Å². The molecule has 6 nitrogen and oxygen atoms in total. The monoisotopic (exact) mass is 381 g/mol. The van der Waals surface area contributed by atoms with E-state index in [9.17, 15) is 4.79 Å². The fourth-order valence-electron chi connectivity index (χ4n) is 2.15. The number of hydrogen-bond donors (Lipinski definition) is 2. The van der Waals surface area contributed by atoms with Gasteiger partial charge in [0.25, 0.3) is 5.82 Å². The first kappa shape index (κ1) is 18.9. The van der Waals surface area contributed by atoms with Crippen molar-refractivity contribution in [3.05, 3.63) is 35.9 Å². The molecule has 0 amide bonds. The van der Waals surface area contributed by atoms with Crippen LogP contribution in [0.3, 0.4) is 0 Å². The molecule has 7 heteroatoms. The Hall–Kier alpha value is -2.15. The van der Waals surface area contributed by atoms with Crippen molar-refractivity contribution in [1.82, 2.24) is 5.10 Å². The molecule has 0 unspecified atom stereocenters. The Morgan fingerprint density at radius 1 is 1.35 bits per heavy atom. The average molecular weight is 382 g/mol. The molecule has 124 valence electrons. The Labute approximate surface area is 145 Å². The molecule has 0 saturated heterocycles.